The van der Waals surface area contributed by atoms with Crippen molar-refractivity contribution in [2.45, 2.75) is 16.6 Å². The summed E-state index contributed by atoms with van der Waals surface area (Å²) in [6.45, 7) is 1.10. The average molecular weight is 493 g/mol. The number of thioether (sulfide) groups is 1. The molecule has 0 spiro atoms. The largest absolute Gasteiger partial charge is 0.497 e. The molecule has 4 aromatic rings. The number of hydrogen-bond donors (Lipinski definition) is 0. The lowest BCUT2D eigenvalue weighted by Gasteiger charge is -2.16. The minimum Gasteiger partial charge on any atom is -0.497 e. The van der Waals surface area contributed by atoms with Crippen molar-refractivity contribution < 1.29 is 23.4 Å². The van der Waals surface area contributed by atoms with Gasteiger partial charge in [-0.25, -0.2) is 0 Å². The Morgan fingerprint density at radius 3 is 2.40 bits per heavy atom. The van der Waals surface area contributed by atoms with E-state index < -0.39 is 0 Å². The molecule has 0 fully saturated rings. The van der Waals surface area contributed by atoms with Crippen molar-refractivity contribution in [2.24, 2.45) is 0 Å². The number of aromatic nitrogens is 1. The zero-order chi connectivity index (χ0) is 24.6. The van der Waals surface area contributed by atoms with E-state index in [2.05, 4.69) is 4.98 Å². The monoisotopic (exact) mass is 492 g/mol. The first-order valence-corrected chi connectivity index (χ1v) is 12.1. The van der Waals surface area contributed by atoms with Gasteiger partial charge in [0.1, 0.15) is 28.9 Å². The molecule has 4 rings (SSSR count). The highest BCUT2D eigenvalue weighted by Gasteiger charge is 2.21. The molecule has 1 atom stereocenters. The summed E-state index contributed by atoms with van der Waals surface area (Å²) in [7, 11) is 4.96. The highest BCUT2D eigenvalue weighted by Crippen LogP contribution is 2.29. The fourth-order valence-electron chi connectivity index (χ4n) is 3.48. The summed E-state index contributed by atoms with van der Waals surface area (Å²) in [5.74, 6) is 1.28. The van der Waals surface area contributed by atoms with Gasteiger partial charge in [-0.05, 0) is 60.5 Å². The second kappa shape index (κ2) is 11.7. The highest BCUT2D eigenvalue weighted by molar-refractivity contribution is 8.00. The molecule has 1 unspecified atom stereocenters. The molecular formula is C27H28N2O5S. The van der Waals surface area contributed by atoms with E-state index in [-0.39, 0.29) is 11.2 Å². The molecule has 35 heavy (non-hydrogen) atoms. The number of para-hydroxylation sites is 2. The minimum absolute atomic E-state index is 0.256. The summed E-state index contributed by atoms with van der Waals surface area (Å²) in [5, 5.41) is -0.356. The van der Waals surface area contributed by atoms with Gasteiger partial charge < -0.3 is 23.5 Å². The summed E-state index contributed by atoms with van der Waals surface area (Å²) in [6, 6.07) is 23.7. The summed E-state index contributed by atoms with van der Waals surface area (Å²) >= 11 is 1.47. The normalized spacial score (nSPS) is 11.7. The number of ether oxygens (including phenoxy) is 3. The van der Waals surface area contributed by atoms with Crippen molar-refractivity contribution in [1.82, 2.24) is 4.98 Å². The zero-order valence-electron chi connectivity index (χ0n) is 20.0. The number of anilines is 1. The molecule has 0 saturated carbocycles. The molecule has 0 N–H and O–H groups in total. The van der Waals surface area contributed by atoms with Gasteiger partial charge in [-0.3, -0.25) is 4.79 Å². The van der Waals surface area contributed by atoms with Gasteiger partial charge in [0.05, 0.1) is 20.8 Å². The smallest absolute Gasteiger partial charge is 0.319 e. The Morgan fingerprint density at radius 2 is 1.71 bits per heavy atom. The number of oxazole rings is 1. The molecule has 7 nitrogen and oxygen atoms in total. The Bertz CT molecular complexity index is 1210. The van der Waals surface area contributed by atoms with Gasteiger partial charge in [-0.15, -0.1) is 11.8 Å². The predicted molar refractivity (Wildman–Crippen MR) is 138 cm³/mol. The van der Waals surface area contributed by atoms with Crippen LogP contribution in [0.15, 0.2) is 82.1 Å². The average Bonchev–Trinajstić information content (AvgIpc) is 3.34. The summed E-state index contributed by atoms with van der Waals surface area (Å²) in [6.07, 6.45) is 0.546. The van der Waals surface area contributed by atoms with Crippen LogP contribution in [0.3, 0.4) is 0 Å². The molecule has 0 saturated heterocycles. The SMILES string of the molecule is COC(=O)C(Cc1ccc(OCCN(C)c2nc3ccccc3o2)cc1)Sc1ccc(OC)cc1. The standard InChI is InChI=1S/C27H28N2O5S/c1-29(27-28-23-6-4-5-7-24(23)34-27)16-17-33-21-10-8-19(9-11-21)18-25(26(30)32-3)35-22-14-12-20(31-2)13-15-22/h4-15,25H,16-18H2,1-3H3. The second-order valence-electron chi connectivity index (χ2n) is 7.89. The lowest BCUT2D eigenvalue weighted by atomic mass is 10.1. The van der Waals surface area contributed by atoms with E-state index in [0.717, 1.165) is 33.1 Å². The van der Waals surface area contributed by atoms with Crippen LogP contribution in [0.4, 0.5) is 6.01 Å². The van der Waals surface area contributed by atoms with Crippen LogP contribution in [-0.4, -0.2) is 50.6 Å². The maximum Gasteiger partial charge on any atom is 0.319 e. The fourth-order valence-corrected chi connectivity index (χ4v) is 4.57. The van der Waals surface area contributed by atoms with Gasteiger partial charge >= 0.3 is 5.97 Å². The first-order chi connectivity index (χ1) is 17.1. The van der Waals surface area contributed by atoms with Gasteiger partial charge in [-0.2, -0.15) is 4.98 Å². The van der Waals surface area contributed by atoms with Crippen molar-refractivity contribution in [1.29, 1.82) is 0 Å². The van der Waals surface area contributed by atoms with Gasteiger partial charge in [0.25, 0.3) is 6.01 Å². The van der Waals surface area contributed by atoms with Crippen LogP contribution in [0.25, 0.3) is 11.1 Å². The van der Waals surface area contributed by atoms with Crippen molar-refractivity contribution in [2.75, 3.05) is 39.3 Å². The van der Waals surface area contributed by atoms with Gasteiger partial charge in [0, 0.05) is 11.9 Å². The molecule has 8 heteroatoms. The summed E-state index contributed by atoms with van der Waals surface area (Å²) in [4.78, 5) is 19.8. The third-order valence-corrected chi connectivity index (χ3v) is 6.64. The Morgan fingerprint density at radius 1 is 1.00 bits per heavy atom. The third-order valence-electron chi connectivity index (χ3n) is 5.45. The van der Waals surface area contributed by atoms with Gasteiger partial charge in [-0.1, -0.05) is 24.3 Å². The number of methoxy groups -OCH3 is 2. The van der Waals surface area contributed by atoms with E-state index in [1.54, 1.807) is 7.11 Å². The third kappa shape index (κ3) is 6.48. The molecule has 0 aliphatic carbocycles. The van der Waals surface area contributed by atoms with E-state index in [1.165, 1.54) is 18.9 Å². The van der Waals surface area contributed by atoms with Crippen LogP contribution >= 0.6 is 11.8 Å². The number of carbonyl (C=O) groups excluding carboxylic acids is 1. The Kier molecular flexibility index (Phi) is 8.15. The molecular weight excluding hydrogens is 464 g/mol. The summed E-state index contributed by atoms with van der Waals surface area (Å²) < 4.78 is 21.9. The lowest BCUT2D eigenvalue weighted by molar-refractivity contribution is -0.139. The number of likely N-dealkylation sites (N-methyl/N-ethyl adjacent to an activating group) is 1. The molecule has 182 valence electrons. The number of carbonyl (C=O) groups is 1. The molecule has 0 aliphatic rings. The molecule has 0 aliphatic heterocycles. The number of hydrogen-bond acceptors (Lipinski definition) is 8. The number of benzene rings is 3. The van der Waals surface area contributed by atoms with Crippen molar-refractivity contribution in [3.63, 3.8) is 0 Å². The summed E-state index contributed by atoms with van der Waals surface area (Å²) in [5.41, 5.74) is 2.62. The molecule has 0 bridgehead atoms. The van der Waals surface area contributed by atoms with E-state index >= 15 is 0 Å². The fraction of sp³-hybridized carbons (Fsp3) is 0.259. The number of fused-ring (bicyclic) bond motifs is 1. The molecule has 0 amide bonds. The van der Waals surface area contributed by atoms with Crippen molar-refractivity contribution in [3.05, 3.63) is 78.4 Å². The van der Waals surface area contributed by atoms with Crippen LogP contribution in [0.2, 0.25) is 0 Å². The maximum absolute atomic E-state index is 12.4. The van der Waals surface area contributed by atoms with Crippen molar-refractivity contribution >= 4 is 34.8 Å². The molecule has 3 aromatic carbocycles. The van der Waals surface area contributed by atoms with E-state index in [4.69, 9.17) is 18.6 Å². The van der Waals surface area contributed by atoms with Gasteiger partial charge in [0.15, 0.2) is 5.58 Å². The number of rotatable bonds is 11. The topological polar surface area (TPSA) is 74.0 Å². The molecule has 0 radical (unpaired) electrons. The first kappa shape index (κ1) is 24.5. The highest BCUT2D eigenvalue weighted by atomic mass is 32.2. The molecule has 1 heterocycles. The Balaban J connectivity index is 1.30. The number of esters is 1. The minimum atomic E-state index is -0.356. The van der Waals surface area contributed by atoms with E-state index in [9.17, 15) is 4.79 Å². The Hall–Kier alpha value is -3.65. The molecule has 1 aromatic heterocycles. The quantitative estimate of drug-likeness (QED) is 0.208. The van der Waals surface area contributed by atoms with Crippen LogP contribution in [0.1, 0.15) is 5.56 Å². The van der Waals surface area contributed by atoms with Gasteiger partial charge in [0.2, 0.25) is 0 Å². The second-order valence-corrected chi connectivity index (χ2v) is 9.16. The zero-order valence-corrected chi connectivity index (χ0v) is 20.8. The van der Waals surface area contributed by atoms with Crippen LogP contribution in [0.5, 0.6) is 11.5 Å². The van der Waals surface area contributed by atoms with Crippen molar-refractivity contribution in [3.8, 4) is 11.5 Å². The van der Waals surface area contributed by atoms with Crippen LogP contribution in [0, 0.1) is 0 Å². The Labute approximate surface area is 209 Å². The van der Waals surface area contributed by atoms with Crippen LogP contribution < -0.4 is 14.4 Å². The number of nitrogens with zero attached hydrogens (tertiary/aromatic N) is 2. The first-order valence-electron chi connectivity index (χ1n) is 11.2. The van der Waals surface area contributed by atoms with E-state index in [0.29, 0.717) is 25.6 Å². The predicted octanol–water partition coefficient (Wildman–Crippen LogP) is 5.23. The maximum atomic E-state index is 12.4. The van der Waals surface area contributed by atoms with E-state index in [1.807, 2.05) is 84.7 Å². The van der Waals surface area contributed by atoms with Crippen LogP contribution in [-0.2, 0) is 16.0 Å². The lowest BCUT2D eigenvalue weighted by Crippen LogP contribution is -2.24.